The fourth-order valence-electron chi connectivity index (χ4n) is 9.31. The van der Waals surface area contributed by atoms with Gasteiger partial charge in [0.05, 0.1) is 16.1 Å². The molecule has 3 aliphatic rings. The SMILES string of the molecule is CC1(C)C2C3=C(c4ccccc4-c4ccccc4-c4ccccc43)C1c1c2cc(Cl)c2c1c1ccccc1n2-c1ccccc1. The van der Waals surface area contributed by atoms with Gasteiger partial charge in [-0.15, -0.1) is 0 Å². The Morgan fingerprint density at radius 3 is 1.67 bits per heavy atom. The van der Waals surface area contributed by atoms with Crippen molar-refractivity contribution in [2.45, 2.75) is 25.7 Å². The Bertz CT molecular complexity index is 2420. The molecule has 1 heterocycles. The Balaban J connectivity index is 1.38. The second-order valence-corrected chi connectivity index (χ2v) is 13.8. The molecule has 2 atom stereocenters. The third-order valence-corrected chi connectivity index (χ3v) is 11.2. The molecule has 0 N–H and O–H groups in total. The van der Waals surface area contributed by atoms with E-state index in [4.69, 9.17) is 11.6 Å². The summed E-state index contributed by atoms with van der Waals surface area (Å²) in [7, 11) is 0. The lowest BCUT2D eigenvalue weighted by atomic mass is 9.74. The van der Waals surface area contributed by atoms with E-state index in [1.54, 1.807) is 0 Å². The van der Waals surface area contributed by atoms with Crippen LogP contribution in [-0.4, -0.2) is 4.57 Å². The molecule has 2 unspecified atom stereocenters. The maximum absolute atomic E-state index is 7.44. The summed E-state index contributed by atoms with van der Waals surface area (Å²) in [6.45, 7) is 4.98. The van der Waals surface area contributed by atoms with Gasteiger partial charge in [0, 0.05) is 28.3 Å². The smallest absolute Gasteiger partial charge is 0.0730 e. The van der Waals surface area contributed by atoms with E-state index in [1.165, 1.54) is 71.9 Å². The summed E-state index contributed by atoms with van der Waals surface area (Å²) in [5.41, 5.74) is 17.1. The Morgan fingerprint density at radius 2 is 1.04 bits per heavy atom. The van der Waals surface area contributed by atoms with Gasteiger partial charge in [-0.25, -0.2) is 0 Å². The van der Waals surface area contributed by atoms with Crippen LogP contribution in [-0.2, 0) is 0 Å². The molecule has 10 rings (SSSR count). The molecule has 1 nitrogen and oxygen atoms in total. The van der Waals surface area contributed by atoms with Crippen LogP contribution in [0, 0.1) is 5.41 Å². The number of allylic oxidation sites excluding steroid dienone is 2. The Kier molecular flexibility index (Phi) is 5.02. The molecule has 3 aliphatic carbocycles. The van der Waals surface area contributed by atoms with E-state index in [-0.39, 0.29) is 17.3 Å². The maximum Gasteiger partial charge on any atom is 0.0730 e. The Hall–Kier alpha value is -4.85. The number of aromatic nitrogens is 1. The molecule has 0 saturated heterocycles. The summed E-state index contributed by atoms with van der Waals surface area (Å²) in [6, 6.07) is 49.0. The van der Waals surface area contributed by atoms with Crippen molar-refractivity contribution in [3.8, 4) is 27.9 Å². The van der Waals surface area contributed by atoms with Crippen LogP contribution >= 0.6 is 11.6 Å². The monoisotopic (exact) mass is 595 g/mol. The van der Waals surface area contributed by atoms with E-state index in [0.29, 0.717) is 0 Å². The minimum Gasteiger partial charge on any atom is -0.308 e. The Labute approximate surface area is 268 Å². The van der Waals surface area contributed by atoms with Crippen LogP contribution in [0.25, 0.3) is 60.9 Å². The van der Waals surface area contributed by atoms with Crippen molar-refractivity contribution < 1.29 is 0 Å². The molecule has 0 amide bonds. The average Bonchev–Trinajstić information content (AvgIpc) is 3.62. The van der Waals surface area contributed by atoms with Crippen LogP contribution in [0.4, 0.5) is 0 Å². The average molecular weight is 596 g/mol. The first-order chi connectivity index (χ1) is 22.1. The summed E-state index contributed by atoms with van der Waals surface area (Å²) in [5, 5.41) is 3.39. The topological polar surface area (TPSA) is 4.93 Å². The van der Waals surface area contributed by atoms with E-state index in [1.807, 2.05) is 0 Å². The van der Waals surface area contributed by atoms with Gasteiger partial charge in [-0.1, -0.05) is 135 Å². The molecular weight excluding hydrogens is 566 g/mol. The van der Waals surface area contributed by atoms with Crippen LogP contribution in [0.1, 0.15) is 47.9 Å². The van der Waals surface area contributed by atoms with Crippen molar-refractivity contribution in [1.29, 1.82) is 0 Å². The molecule has 2 heteroatoms. The molecule has 45 heavy (non-hydrogen) atoms. The quantitative estimate of drug-likeness (QED) is 0.178. The standard InChI is InChI=1S/C43H30ClN/c1-43(2)40-33-24-34(44)42-39(32-22-12-13-23-35(32)45(42)25-14-4-3-5-15-25)38(33)41(43)37-31-21-11-9-19-29(31)27-17-7-6-16-26(27)28-18-8-10-20-30(28)36(37)40/h3-24,40-41H,1-2H3. The van der Waals surface area contributed by atoms with Crippen LogP contribution in [0.2, 0.25) is 5.02 Å². The van der Waals surface area contributed by atoms with E-state index in [9.17, 15) is 0 Å². The number of benzene rings is 6. The summed E-state index contributed by atoms with van der Waals surface area (Å²) in [5.74, 6) is 0.425. The third-order valence-electron chi connectivity index (χ3n) is 10.9. The molecule has 214 valence electrons. The number of hydrogen-bond acceptors (Lipinski definition) is 0. The number of fused-ring (bicyclic) bond motifs is 18. The summed E-state index contributed by atoms with van der Waals surface area (Å²) < 4.78 is 2.37. The minimum absolute atomic E-state index is 0.0443. The highest BCUT2D eigenvalue weighted by molar-refractivity contribution is 6.37. The minimum atomic E-state index is -0.0443. The summed E-state index contributed by atoms with van der Waals surface area (Å²) in [6.07, 6.45) is 0. The van der Waals surface area contributed by atoms with Gasteiger partial charge in [-0.3, -0.25) is 0 Å². The zero-order valence-electron chi connectivity index (χ0n) is 25.2. The normalized spacial score (nSPS) is 18.6. The zero-order chi connectivity index (χ0) is 30.0. The lowest BCUT2D eigenvalue weighted by molar-refractivity contribution is 0.352. The lowest BCUT2D eigenvalue weighted by Gasteiger charge is -2.30. The van der Waals surface area contributed by atoms with Crippen LogP contribution in [0.5, 0.6) is 0 Å². The van der Waals surface area contributed by atoms with Gasteiger partial charge in [0.15, 0.2) is 0 Å². The molecule has 0 saturated carbocycles. The van der Waals surface area contributed by atoms with Gasteiger partial charge < -0.3 is 4.57 Å². The number of nitrogens with zero attached hydrogens (tertiary/aromatic N) is 1. The van der Waals surface area contributed by atoms with E-state index >= 15 is 0 Å². The summed E-state index contributed by atoms with van der Waals surface area (Å²) >= 11 is 7.44. The molecule has 1 aromatic heterocycles. The molecule has 0 fully saturated rings. The first-order valence-electron chi connectivity index (χ1n) is 15.9. The molecule has 0 spiro atoms. The molecule has 0 aliphatic heterocycles. The molecule has 7 aromatic rings. The van der Waals surface area contributed by atoms with Gasteiger partial charge in [0.2, 0.25) is 0 Å². The van der Waals surface area contributed by atoms with Crippen LogP contribution in [0.15, 0.2) is 133 Å². The first-order valence-corrected chi connectivity index (χ1v) is 16.3. The fraction of sp³-hybridized carbons (Fsp3) is 0.116. The van der Waals surface area contributed by atoms with Crippen molar-refractivity contribution in [1.82, 2.24) is 4.57 Å². The van der Waals surface area contributed by atoms with E-state index in [0.717, 1.165) is 16.2 Å². The number of halogens is 1. The van der Waals surface area contributed by atoms with Gasteiger partial charge in [-0.05, 0) is 85.3 Å². The number of para-hydroxylation sites is 2. The highest BCUT2D eigenvalue weighted by Crippen LogP contribution is 2.74. The zero-order valence-corrected chi connectivity index (χ0v) is 25.9. The molecule has 0 radical (unpaired) electrons. The predicted octanol–water partition coefficient (Wildman–Crippen LogP) is 11.9. The van der Waals surface area contributed by atoms with Crippen molar-refractivity contribution in [3.05, 3.63) is 161 Å². The van der Waals surface area contributed by atoms with Crippen LogP contribution in [0.3, 0.4) is 0 Å². The predicted molar refractivity (Wildman–Crippen MR) is 189 cm³/mol. The number of rotatable bonds is 1. The van der Waals surface area contributed by atoms with Gasteiger partial charge >= 0.3 is 0 Å². The van der Waals surface area contributed by atoms with Crippen molar-refractivity contribution >= 4 is 44.6 Å². The van der Waals surface area contributed by atoms with Gasteiger partial charge in [-0.2, -0.15) is 0 Å². The lowest BCUT2D eigenvalue weighted by Crippen LogP contribution is -2.17. The highest BCUT2D eigenvalue weighted by Gasteiger charge is 2.58. The van der Waals surface area contributed by atoms with Gasteiger partial charge in [0.25, 0.3) is 0 Å². The molecular formula is C43H30ClN. The molecule has 2 bridgehead atoms. The molecule has 6 aromatic carbocycles. The van der Waals surface area contributed by atoms with Crippen LogP contribution < -0.4 is 0 Å². The third kappa shape index (κ3) is 3.14. The highest BCUT2D eigenvalue weighted by atomic mass is 35.5. The van der Waals surface area contributed by atoms with Crippen molar-refractivity contribution in [2.75, 3.05) is 0 Å². The second kappa shape index (κ2) is 8.87. The van der Waals surface area contributed by atoms with E-state index < -0.39 is 0 Å². The number of hydrogen-bond donors (Lipinski definition) is 0. The first kappa shape index (κ1) is 25.5. The summed E-state index contributed by atoms with van der Waals surface area (Å²) in [4.78, 5) is 0. The van der Waals surface area contributed by atoms with Crippen molar-refractivity contribution in [3.63, 3.8) is 0 Å². The Morgan fingerprint density at radius 1 is 0.556 bits per heavy atom. The second-order valence-electron chi connectivity index (χ2n) is 13.4. The maximum atomic E-state index is 7.44. The largest absolute Gasteiger partial charge is 0.308 e. The van der Waals surface area contributed by atoms with Crippen molar-refractivity contribution in [2.24, 2.45) is 5.41 Å². The van der Waals surface area contributed by atoms with Gasteiger partial charge in [0.1, 0.15) is 0 Å². The van der Waals surface area contributed by atoms with E-state index in [2.05, 4.69) is 152 Å². The fourth-order valence-corrected chi connectivity index (χ4v) is 9.61.